The van der Waals surface area contributed by atoms with Gasteiger partial charge in [0.25, 0.3) is 0 Å². The maximum absolute atomic E-state index is 12.2. The molecule has 0 saturated carbocycles. The van der Waals surface area contributed by atoms with Crippen LogP contribution in [0.3, 0.4) is 0 Å². The second-order valence-electron chi connectivity index (χ2n) is 5.50. The summed E-state index contributed by atoms with van der Waals surface area (Å²) in [4.78, 5) is 45.6. The number of hydrogen-bond acceptors (Lipinski definition) is 4. The van der Waals surface area contributed by atoms with Crippen LogP contribution in [0.1, 0.15) is 46.5 Å². The van der Waals surface area contributed by atoms with E-state index >= 15 is 0 Å². The van der Waals surface area contributed by atoms with Gasteiger partial charge in [-0.15, -0.1) is 0 Å². The molecule has 0 aliphatic heterocycles. The summed E-state index contributed by atoms with van der Waals surface area (Å²) < 4.78 is 0. The zero-order chi connectivity index (χ0) is 17.3. The first-order valence-electron chi connectivity index (χ1n) is 7.28. The van der Waals surface area contributed by atoms with Crippen LogP contribution in [-0.2, 0) is 19.2 Å². The number of nitrogens with two attached hydrogens (primary N) is 1. The van der Waals surface area contributed by atoms with E-state index in [1.54, 1.807) is 6.92 Å². The largest absolute Gasteiger partial charge is 0.481 e. The summed E-state index contributed by atoms with van der Waals surface area (Å²) in [5.74, 6) is -2.57. The number of aliphatic carboxylic acids is 1. The number of rotatable bonds is 10. The van der Waals surface area contributed by atoms with Crippen LogP contribution >= 0.6 is 0 Å². The molecule has 0 saturated heterocycles. The summed E-state index contributed by atoms with van der Waals surface area (Å²) in [7, 11) is 0. The number of carboxylic acid groups (broad SMARTS) is 1. The molecule has 0 rings (SSSR count). The van der Waals surface area contributed by atoms with Crippen molar-refractivity contribution in [2.24, 2.45) is 11.7 Å². The molecule has 0 bridgehead atoms. The molecule has 5 N–H and O–H groups in total. The predicted octanol–water partition coefficient (Wildman–Crippen LogP) is -0.238. The van der Waals surface area contributed by atoms with Crippen LogP contribution in [0.4, 0.5) is 0 Å². The van der Waals surface area contributed by atoms with E-state index in [-0.39, 0.29) is 31.1 Å². The van der Waals surface area contributed by atoms with E-state index in [9.17, 15) is 19.2 Å². The van der Waals surface area contributed by atoms with Crippen molar-refractivity contribution in [2.75, 3.05) is 0 Å². The van der Waals surface area contributed by atoms with Crippen molar-refractivity contribution in [1.82, 2.24) is 10.6 Å². The molecule has 0 aromatic carbocycles. The Balaban J connectivity index is 4.86. The summed E-state index contributed by atoms with van der Waals surface area (Å²) in [6, 6.07) is -1.85. The Morgan fingerprint density at radius 2 is 1.68 bits per heavy atom. The molecule has 0 aromatic rings. The summed E-state index contributed by atoms with van der Waals surface area (Å²) in [6.07, 6.45) is 0.212. The van der Waals surface area contributed by atoms with Crippen LogP contribution in [0.15, 0.2) is 0 Å². The number of primary amides is 1. The fourth-order valence-electron chi connectivity index (χ4n) is 1.82. The zero-order valence-corrected chi connectivity index (χ0v) is 13.2. The molecule has 8 heteroatoms. The van der Waals surface area contributed by atoms with Crippen LogP contribution in [0.2, 0.25) is 0 Å². The fourth-order valence-corrected chi connectivity index (χ4v) is 1.82. The second kappa shape index (κ2) is 9.75. The highest BCUT2D eigenvalue weighted by atomic mass is 16.4. The van der Waals surface area contributed by atoms with Gasteiger partial charge in [-0.2, -0.15) is 0 Å². The first-order valence-corrected chi connectivity index (χ1v) is 7.28. The molecule has 22 heavy (non-hydrogen) atoms. The van der Waals surface area contributed by atoms with E-state index in [4.69, 9.17) is 10.8 Å². The van der Waals surface area contributed by atoms with Crippen molar-refractivity contribution in [3.8, 4) is 0 Å². The first-order chi connectivity index (χ1) is 10.2. The first kappa shape index (κ1) is 19.9. The van der Waals surface area contributed by atoms with Crippen LogP contribution < -0.4 is 16.4 Å². The highest BCUT2D eigenvalue weighted by Gasteiger charge is 2.26. The van der Waals surface area contributed by atoms with E-state index in [0.717, 1.165) is 0 Å². The van der Waals surface area contributed by atoms with Gasteiger partial charge in [-0.05, 0) is 18.8 Å². The van der Waals surface area contributed by atoms with Gasteiger partial charge in [-0.25, -0.2) is 0 Å². The summed E-state index contributed by atoms with van der Waals surface area (Å²) >= 11 is 0. The number of carboxylic acids is 1. The van der Waals surface area contributed by atoms with Crippen molar-refractivity contribution < 1.29 is 24.3 Å². The van der Waals surface area contributed by atoms with Crippen LogP contribution in [0.5, 0.6) is 0 Å². The Morgan fingerprint density at radius 3 is 2.09 bits per heavy atom. The minimum absolute atomic E-state index is 0.0555. The molecule has 8 nitrogen and oxygen atoms in total. The van der Waals surface area contributed by atoms with Gasteiger partial charge in [-0.1, -0.05) is 20.8 Å². The summed E-state index contributed by atoms with van der Waals surface area (Å²) in [5, 5.41) is 13.6. The van der Waals surface area contributed by atoms with Crippen LogP contribution in [0, 0.1) is 5.92 Å². The van der Waals surface area contributed by atoms with E-state index in [1.165, 1.54) is 0 Å². The minimum atomic E-state index is -1.07. The standard InChI is InChI=1S/C14H25N3O5/c1-4-11(18)16-9(5-6-12(19)20)14(22)17-10(13(15)21)7-8(2)3/h8-10H,4-7H2,1-3H3,(H2,15,21)(H,16,18)(H,17,22)(H,19,20)/t9-,10-/m0/s1. The molecule has 0 aliphatic carbocycles. The van der Waals surface area contributed by atoms with Crippen molar-refractivity contribution >= 4 is 23.7 Å². The number of hydrogen-bond donors (Lipinski definition) is 4. The van der Waals surface area contributed by atoms with Gasteiger partial charge in [0.15, 0.2) is 0 Å². The van der Waals surface area contributed by atoms with Gasteiger partial charge in [0.1, 0.15) is 12.1 Å². The van der Waals surface area contributed by atoms with Crippen molar-refractivity contribution in [2.45, 2.75) is 58.5 Å². The summed E-state index contributed by atoms with van der Waals surface area (Å²) in [6.45, 7) is 5.37. The topological polar surface area (TPSA) is 139 Å². The van der Waals surface area contributed by atoms with E-state index in [1.807, 2.05) is 13.8 Å². The third-order valence-corrected chi connectivity index (χ3v) is 2.99. The molecule has 0 spiro atoms. The van der Waals surface area contributed by atoms with Gasteiger partial charge in [0.05, 0.1) is 0 Å². The van der Waals surface area contributed by atoms with Crippen molar-refractivity contribution in [3.63, 3.8) is 0 Å². The predicted molar refractivity (Wildman–Crippen MR) is 79.7 cm³/mol. The van der Waals surface area contributed by atoms with Gasteiger partial charge in [-0.3, -0.25) is 19.2 Å². The average Bonchev–Trinajstić information content (AvgIpc) is 2.41. The average molecular weight is 315 g/mol. The lowest BCUT2D eigenvalue weighted by Gasteiger charge is -2.22. The number of carbonyl (C=O) groups is 4. The van der Waals surface area contributed by atoms with Crippen LogP contribution in [-0.4, -0.2) is 40.9 Å². The molecule has 0 aliphatic rings. The Bertz CT molecular complexity index is 423. The lowest BCUT2D eigenvalue weighted by atomic mass is 10.0. The molecule has 0 aromatic heterocycles. The maximum atomic E-state index is 12.2. The van der Waals surface area contributed by atoms with Crippen LogP contribution in [0.25, 0.3) is 0 Å². The molecule has 0 unspecified atom stereocenters. The maximum Gasteiger partial charge on any atom is 0.303 e. The van der Waals surface area contributed by atoms with Gasteiger partial charge in [0, 0.05) is 12.8 Å². The highest BCUT2D eigenvalue weighted by molar-refractivity contribution is 5.91. The molecule has 3 amide bonds. The Morgan fingerprint density at radius 1 is 1.09 bits per heavy atom. The molecular weight excluding hydrogens is 290 g/mol. The van der Waals surface area contributed by atoms with E-state index in [0.29, 0.717) is 6.42 Å². The lowest BCUT2D eigenvalue weighted by Crippen LogP contribution is -2.53. The highest BCUT2D eigenvalue weighted by Crippen LogP contribution is 2.06. The Hall–Kier alpha value is -2.12. The second-order valence-corrected chi connectivity index (χ2v) is 5.50. The Labute approximate surface area is 129 Å². The fraction of sp³-hybridized carbons (Fsp3) is 0.714. The third kappa shape index (κ3) is 8.23. The monoisotopic (exact) mass is 315 g/mol. The SMILES string of the molecule is CCC(=O)N[C@@H](CCC(=O)O)C(=O)N[C@@H](CC(C)C)C(N)=O. The minimum Gasteiger partial charge on any atom is -0.481 e. The zero-order valence-electron chi connectivity index (χ0n) is 13.2. The lowest BCUT2D eigenvalue weighted by molar-refractivity contribution is -0.138. The smallest absolute Gasteiger partial charge is 0.303 e. The molecular formula is C14H25N3O5. The van der Waals surface area contributed by atoms with E-state index in [2.05, 4.69) is 10.6 Å². The number of carbonyl (C=O) groups excluding carboxylic acids is 3. The van der Waals surface area contributed by atoms with Gasteiger partial charge in [0.2, 0.25) is 17.7 Å². The van der Waals surface area contributed by atoms with E-state index < -0.39 is 29.9 Å². The molecule has 0 radical (unpaired) electrons. The van der Waals surface area contributed by atoms with Crippen molar-refractivity contribution in [1.29, 1.82) is 0 Å². The molecule has 126 valence electrons. The Kier molecular flexibility index (Phi) is 8.81. The van der Waals surface area contributed by atoms with Crippen molar-refractivity contribution in [3.05, 3.63) is 0 Å². The van der Waals surface area contributed by atoms with Gasteiger partial charge >= 0.3 is 5.97 Å². The molecule has 2 atom stereocenters. The molecule has 0 heterocycles. The quantitative estimate of drug-likeness (QED) is 0.441. The third-order valence-electron chi connectivity index (χ3n) is 2.99. The van der Waals surface area contributed by atoms with Gasteiger partial charge < -0.3 is 21.5 Å². The normalized spacial score (nSPS) is 13.3. The number of nitrogens with one attached hydrogen (secondary N) is 2. The molecule has 0 fully saturated rings. The summed E-state index contributed by atoms with van der Waals surface area (Å²) in [5.41, 5.74) is 5.25. The number of amides is 3.